The molecule has 2 rings (SSSR count). The first kappa shape index (κ1) is 11.8. The van der Waals surface area contributed by atoms with Crippen LogP contribution in [0.3, 0.4) is 0 Å². The highest BCUT2D eigenvalue weighted by atomic mass is 79.9. The van der Waals surface area contributed by atoms with Gasteiger partial charge in [-0.2, -0.15) is 5.10 Å². The third kappa shape index (κ3) is 2.71. The molecule has 1 aromatic heterocycles. The van der Waals surface area contributed by atoms with E-state index in [0.717, 1.165) is 0 Å². The summed E-state index contributed by atoms with van der Waals surface area (Å²) in [5.74, 6) is -1.37. The van der Waals surface area contributed by atoms with Crippen LogP contribution < -0.4 is 0 Å². The molecular formula is C11H8BrFN2O2. The predicted octanol–water partition coefficient (Wildman–Crippen LogP) is 2.54. The Labute approximate surface area is 105 Å². The molecule has 88 valence electrons. The van der Waals surface area contributed by atoms with Gasteiger partial charge in [-0.1, -0.05) is 22.0 Å². The van der Waals surface area contributed by atoms with Gasteiger partial charge in [0.2, 0.25) is 0 Å². The van der Waals surface area contributed by atoms with Gasteiger partial charge in [0.25, 0.3) is 0 Å². The standard InChI is InChI=1S/C11H8BrFN2O2/c12-8-1-2-9(10(13)3-8)7-4-14-15(5-7)6-11(16)17/h1-5H,6H2,(H,16,17). The number of hydrogen-bond acceptors (Lipinski definition) is 2. The van der Waals surface area contributed by atoms with Gasteiger partial charge in [-0.15, -0.1) is 0 Å². The third-order valence-electron chi connectivity index (χ3n) is 2.17. The number of carboxylic acids is 1. The number of rotatable bonds is 3. The van der Waals surface area contributed by atoms with Crippen LogP contribution in [0.5, 0.6) is 0 Å². The minimum atomic E-state index is -0.990. The fourth-order valence-corrected chi connectivity index (χ4v) is 1.78. The predicted molar refractivity (Wildman–Crippen MR) is 63.0 cm³/mol. The highest BCUT2D eigenvalue weighted by molar-refractivity contribution is 9.10. The summed E-state index contributed by atoms with van der Waals surface area (Å²) in [6.07, 6.45) is 2.94. The zero-order valence-corrected chi connectivity index (χ0v) is 10.2. The number of carboxylic acid groups (broad SMARTS) is 1. The third-order valence-corrected chi connectivity index (χ3v) is 2.67. The summed E-state index contributed by atoms with van der Waals surface area (Å²) in [7, 11) is 0. The van der Waals surface area contributed by atoms with E-state index in [1.807, 2.05) is 0 Å². The van der Waals surface area contributed by atoms with Gasteiger partial charge in [-0.25, -0.2) is 4.39 Å². The van der Waals surface area contributed by atoms with Crippen molar-refractivity contribution >= 4 is 21.9 Å². The molecule has 1 heterocycles. The number of halogens is 2. The van der Waals surface area contributed by atoms with Crippen molar-refractivity contribution in [2.75, 3.05) is 0 Å². The van der Waals surface area contributed by atoms with Crippen LogP contribution in [-0.4, -0.2) is 20.9 Å². The van der Waals surface area contributed by atoms with Gasteiger partial charge < -0.3 is 5.11 Å². The lowest BCUT2D eigenvalue weighted by atomic mass is 10.1. The Morgan fingerprint density at radius 2 is 2.29 bits per heavy atom. The second kappa shape index (κ2) is 4.67. The minimum absolute atomic E-state index is 0.238. The van der Waals surface area contributed by atoms with Gasteiger partial charge in [-0.05, 0) is 12.1 Å². The number of carbonyl (C=O) groups is 1. The van der Waals surface area contributed by atoms with Crippen molar-refractivity contribution in [3.8, 4) is 11.1 Å². The van der Waals surface area contributed by atoms with Crippen molar-refractivity contribution in [3.63, 3.8) is 0 Å². The van der Waals surface area contributed by atoms with Crippen LogP contribution in [0.4, 0.5) is 4.39 Å². The second-order valence-corrected chi connectivity index (χ2v) is 4.36. The molecule has 0 bridgehead atoms. The molecule has 0 unspecified atom stereocenters. The monoisotopic (exact) mass is 298 g/mol. The van der Waals surface area contributed by atoms with Crippen molar-refractivity contribution in [2.45, 2.75) is 6.54 Å². The topological polar surface area (TPSA) is 55.1 Å². The van der Waals surface area contributed by atoms with E-state index in [2.05, 4.69) is 21.0 Å². The first-order chi connectivity index (χ1) is 8.06. The van der Waals surface area contributed by atoms with Crippen LogP contribution in [0.1, 0.15) is 0 Å². The molecule has 4 nitrogen and oxygen atoms in total. The Bertz CT molecular complexity index is 568. The van der Waals surface area contributed by atoms with Crippen LogP contribution in [-0.2, 0) is 11.3 Å². The fraction of sp³-hybridized carbons (Fsp3) is 0.0909. The van der Waals surface area contributed by atoms with Gasteiger partial charge in [-0.3, -0.25) is 9.48 Å². The average molecular weight is 299 g/mol. The Kier molecular flexibility index (Phi) is 3.23. The van der Waals surface area contributed by atoms with Gasteiger partial charge >= 0.3 is 5.97 Å². The maximum atomic E-state index is 13.6. The molecule has 17 heavy (non-hydrogen) atoms. The van der Waals surface area contributed by atoms with E-state index in [1.54, 1.807) is 12.1 Å². The smallest absolute Gasteiger partial charge is 0.325 e. The van der Waals surface area contributed by atoms with E-state index in [-0.39, 0.29) is 12.4 Å². The summed E-state index contributed by atoms with van der Waals surface area (Å²) in [4.78, 5) is 10.5. The van der Waals surface area contributed by atoms with Crippen molar-refractivity contribution in [1.29, 1.82) is 0 Å². The quantitative estimate of drug-likeness (QED) is 0.947. The minimum Gasteiger partial charge on any atom is -0.480 e. The van der Waals surface area contributed by atoms with Crippen molar-refractivity contribution in [3.05, 3.63) is 40.9 Å². The van der Waals surface area contributed by atoms with Gasteiger partial charge in [0.15, 0.2) is 0 Å². The molecule has 0 spiro atoms. The molecule has 0 amide bonds. The first-order valence-electron chi connectivity index (χ1n) is 4.76. The molecule has 0 radical (unpaired) electrons. The van der Waals surface area contributed by atoms with E-state index >= 15 is 0 Å². The molecule has 1 aromatic carbocycles. The summed E-state index contributed by atoms with van der Waals surface area (Å²) in [6, 6.07) is 4.68. The van der Waals surface area contributed by atoms with Crippen LogP contribution in [0.15, 0.2) is 35.1 Å². The van der Waals surface area contributed by atoms with E-state index < -0.39 is 5.97 Å². The van der Waals surface area contributed by atoms with Gasteiger partial charge in [0.1, 0.15) is 12.4 Å². The maximum absolute atomic E-state index is 13.6. The molecule has 0 saturated heterocycles. The van der Waals surface area contributed by atoms with Crippen molar-refractivity contribution in [2.24, 2.45) is 0 Å². The Hall–Kier alpha value is -1.69. The summed E-state index contributed by atoms with van der Waals surface area (Å²) >= 11 is 3.17. The zero-order valence-electron chi connectivity index (χ0n) is 8.60. The number of aliphatic carboxylic acids is 1. The largest absolute Gasteiger partial charge is 0.480 e. The number of aromatic nitrogens is 2. The molecule has 0 aliphatic heterocycles. The van der Waals surface area contributed by atoms with Crippen molar-refractivity contribution < 1.29 is 14.3 Å². The van der Waals surface area contributed by atoms with Gasteiger partial charge in [0.05, 0.1) is 6.20 Å². The molecule has 0 aliphatic rings. The van der Waals surface area contributed by atoms with E-state index in [4.69, 9.17) is 5.11 Å². The number of hydrogen-bond donors (Lipinski definition) is 1. The van der Waals surface area contributed by atoms with Crippen LogP contribution >= 0.6 is 15.9 Å². The summed E-state index contributed by atoms with van der Waals surface area (Å²) in [5.41, 5.74) is 0.945. The van der Waals surface area contributed by atoms with E-state index in [1.165, 1.54) is 23.1 Å². The fourth-order valence-electron chi connectivity index (χ4n) is 1.45. The molecule has 0 fully saturated rings. The molecular weight excluding hydrogens is 291 g/mol. The Balaban J connectivity index is 2.33. The lowest BCUT2D eigenvalue weighted by Crippen LogP contribution is -2.08. The number of nitrogens with zero attached hydrogens (tertiary/aromatic N) is 2. The molecule has 0 aliphatic carbocycles. The highest BCUT2D eigenvalue weighted by Gasteiger charge is 2.09. The van der Waals surface area contributed by atoms with Crippen LogP contribution in [0.25, 0.3) is 11.1 Å². The molecule has 1 N–H and O–H groups in total. The van der Waals surface area contributed by atoms with E-state index in [9.17, 15) is 9.18 Å². The normalized spacial score (nSPS) is 10.5. The van der Waals surface area contributed by atoms with Gasteiger partial charge in [0, 0.05) is 21.8 Å². The van der Waals surface area contributed by atoms with E-state index in [0.29, 0.717) is 15.6 Å². The molecule has 6 heteroatoms. The van der Waals surface area contributed by atoms with Crippen LogP contribution in [0, 0.1) is 5.82 Å². The summed E-state index contributed by atoms with van der Waals surface area (Å²) in [5, 5.41) is 12.5. The maximum Gasteiger partial charge on any atom is 0.325 e. The first-order valence-corrected chi connectivity index (χ1v) is 5.55. The zero-order chi connectivity index (χ0) is 12.4. The number of benzene rings is 1. The SMILES string of the molecule is O=C(O)Cn1cc(-c2ccc(Br)cc2F)cn1. The Morgan fingerprint density at radius 3 is 2.94 bits per heavy atom. The molecule has 2 aromatic rings. The van der Waals surface area contributed by atoms with Crippen LogP contribution in [0.2, 0.25) is 0 Å². The van der Waals surface area contributed by atoms with Crippen molar-refractivity contribution in [1.82, 2.24) is 9.78 Å². The molecule has 0 atom stereocenters. The average Bonchev–Trinajstić information content (AvgIpc) is 2.65. The lowest BCUT2D eigenvalue weighted by molar-refractivity contribution is -0.137. The lowest BCUT2D eigenvalue weighted by Gasteiger charge is -2.00. The molecule has 0 saturated carbocycles. The highest BCUT2D eigenvalue weighted by Crippen LogP contribution is 2.24. The Morgan fingerprint density at radius 1 is 1.53 bits per heavy atom. The second-order valence-electron chi connectivity index (χ2n) is 3.44. The summed E-state index contributed by atoms with van der Waals surface area (Å²) < 4.78 is 15.5. The summed E-state index contributed by atoms with van der Waals surface area (Å²) in [6.45, 7) is -0.238.